The van der Waals surface area contributed by atoms with Crippen molar-refractivity contribution in [3.05, 3.63) is 41.2 Å². The molecule has 0 unspecified atom stereocenters. The molecule has 1 aliphatic rings. The molecule has 1 amide bonds. The number of sulfonamides is 1. The molecule has 164 valence electrons. The molecule has 3 aromatic rings. The lowest BCUT2D eigenvalue weighted by atomic mass is 9.99. The Morgan fingerprint density at radius 2 is 2.23 bits per heavy atom. The minimum absolute atomic E-state index is 0.134. The smallest absolute Gasteiger partial charge is 0.252 e. The molecule has 0 aromatic carbocycles. The van der Waals surface area contributed by atoms with Crippen LogP contribution in [-0.4, -0.2) is 46.8 Å². The molecule has 11 heteroatoms. The maximum absolute atomic E-state index is 13.2. The lowest BCUT2D eigenvalue weighted by molar-refractivity contribution is -0.120. The molecule has 4 rings (SSSR count). The summed E-state index contributed by atoms with van der Waals surface area (Å²) in [6, 6.07) is 5.16. The summed E-state index contributed by atoms with van der Waals surface area (Å²) in [5.41, 5.74) is 1.60. The average molecular weight is 462 g/mol. The summed E-state index contributed by atoms with van der Waals surface area (Å²) >= 11 is 1.11. The highest BCUT2D eigenvalue weighted by Gasteiger charge is 2.34. The van der Waals surface area contributed by atoms with Gasteiger partial charge in [0.05, 0.1) is 5.92 Å². The van der Waals surface area contributed by atoms with E-state index >= 15 is 0 Å². The van der Waals surface area contributed by atoms with Gasteiger partial charge < -0.3 is 9.84 Å². The number of carbonyl (C=O) groups excluding carboxylic acids is 1. The molecule has 0 radical (unpaired) electrons. The number of nitrogens with zero attached hydrogens (tertiary/aromatic N) is 4. The number of carbonyl (C=O) groups is 1. The lowest BCUT2D eigenvalue weighted by Crippen LogP contribution is -2.43. The van der Waals surface area contributed by atoms with Crippen LogP contribution in [-0.2, 0) is 21.2 Å². The SMILES string of the molecule is CCc1nc(-c2csc(S(=O)(=O)N3CCC[C@H](C(=O)Nc4ccc(C)cn4)C3)c2)no1. The standard InChI is InChI=1S/C20H23N5O4S2/c1-3-17-23-19(24-29-17)15-9-18(30-12-15)31(27,28)25-8-4-5-14(11-25)20(26)22-16-7-6-13(2)10-21-16/h6-7,9-10,12,14H,3-5,8,11H2,1-2H3,(H,21,22,26)/t14-/m0/s1. The van der Waals surface area contributed by atoms with Crippen LogP contribution in [0.2, 0.25) is 0 Å². The van der Waals surface area contributed by atoms with Crippen LogP contribution in [0.15, 0.2) is 38.5 Å². The molecule has 1 aliphatic heterocycles. The number of hydrogen-bond donors (Lipinski definition) is 1. The van der Waals surface area contributed by atoms with Crippen molar-refractivity contribution in [2.75, 3.05) is 18.4 Å². The first kappa shape index (κ1) is 21.6. The zero-order valence-corrected chi connectivity index (χ0v) is 18.9. The number of amides is 1. The molecular weight excluding hydrogens is 438 g/mol. The average Bonchev–Trinajstić information content (AvgIpc) is 3.45. The molecule has 31 heavy (non-hydrogen) atoms. The predicted molar refractivity (Wildman–Crippen MR) is 116 cm³/mol. The van der Waals surface area contributed by atoms with E-state index in [-0.39, 0.29) is 16.7 Å². The van der Waals surface area contributed by atoms with Crippen molar-refractivity contribution in [1.29, 1.82) is 0 Å². The fourth-order valence-electron chi connectivity index (χ4n) is 3.36. The minimum Gasteiger partial charge on any atom is -0.339 e. The van der Waals surface area contributed by atoms with Crippen molar-refractivity contribution in [2.45, 2.75) is 37.3 Å². The minimum atomic E-state index is -3.72. The van der Waals surface area contributed by atoms with E-state index in [4.69, 9.17) is 4.52 Å². The van der Waals surface area contributed by atoms with Gasteiger partial charge in [-0.2, -0.15) is 9.29 Å². The molecule has 0 saturated carbocycles. The second-order valence-electron chi connectivity index (χ2n) is 7.43. The van der Waals surface area contributed by atoms with Crippen LogP contribution in [0.5, 0.6) is 0 Å². The molecule has 1 N–H and O–H groups in total. The number of aryl methyl sites for hydroxylation is 2. The quantitative estimate of drug-likeness (QED) is 0.599. The van der Waals surface area contributed by atoms with Gasteiger partial charge in [0.15, 0.2) is 0 Å². The highest BCUT2D eigenvalue weighted by molar-refractivity contribution is 7.91. The van der Waals surface area contributed by atoms with E-state index in [9.17, 15) is 13.2 Å². The maximum Gasteiger partial charge on any atom is 0.252 e. The highest BCUT2D eigenvalue weighted by Crippen LogP contribution is 2.31. The maximum atomic E-state index is 13.2. The van der Waals surface area contributed by atoms with Crippen molar-refractivity contribution in [2.24, 2.45) is 5.92 Å². The van der Waals surface area contributed by atoms with E-state index in [1.807, 2.05) is 19.9 Å². The van der Waals surface area contributed by atoms with Gasteiger partial charge in [0, 0.05) is 36.7 Å². The third-order valence-corrected chi connectivity index (χ3v) is 8.40. The van der Waals surface area contributed by atoms with Crippen molar-refractivity contribution in [1.82, 2.24) is 19.4 Å². The highest BCUT2D eigenvalue weighted by atomic mass is 32.2. The zero-order valence-electron chi connectivity index (χ0n) is 17.2. The molecule has 1 atom stereocenters. The monoisotopic (exact) mass is 461 g/mol. The van der Waals surface area contributed by atoms with Gasteiger partial charge >= 0.3 is 0 Å². The fraction of sp³-hybridized carbons (Fsp3) is 0.400. The topological polar surface area (TPSA) is 118 Å². The van der Waals surface area contributed by atoms with Gasteiger partial charge in [-0.3, -0.25) is 4.79 Å². The number of thiophene rings is 1. The lowest BCUT2D eigenvalue weighted by Gasteiger charge is -2.30. The van der Waals surface area contributed by atoms with E-state index < -0.39 is 15.9 Å². The Kier molecular flexibility index (Phi) is 6.17. The molecule has 1 saturated heterocycles. The van der Waals surface area contributed by atoms with Crippen molar-refractivity contribution >= 4 is 33.1 Å². The Bertz CT molecular complexity index is 1170. The summed E-state index contributed by atoms with van der Waals surface area (Å²) in [4.78, 5) is 21.1. The van der Waals surface area contributed by atoms with E-state index in [1.165, 1.54) is 4.31 Å². The van der Waals surface area contributed by atoms with Crippen LogP contribution >= 0.6 is 11.3 Å². The van der Waals surface area contributed by atoms with Crippen LogP contribution in [0.1, 0.15) is 31.2 Å². The molecule has 3 aromatic heterocycles. The number of piperidine rings is 1. The fourth-order valence-corrected chi connectivity index (χ4v) is 6.19. The van der Waals surface area contributed by atoms with Gasteiger partial charge in [-0.05, 0) is 37.5 Å². The van der Waals surface area contributed by atoms with Crippen LogP contribution in [0.25, 0.3) is 11.4 Å². The molecular formula is C20H23N5O4S2. The van der Waals surface area contributed by atoms with E-state index in [0.29, 0.717) is 48.9 Å². The number of hydrogen-bond acceptors (Lipinski definition) is 8. The number of pyridine rings is 1. The second kappa shape index (κ2) is 8.85. The van der Waals surface area contributed by atoms with E-state index in [2.05, 4.69) is 20.4 Å². The van der Waals surface area contributed by atoms with Gasteiger partial charge in [0.1, 0.15) is 10.0 Å². The van der Waals surface area contributed by atoms with Crippen LogP contribution in [0, 0.1) is 12.8 Å². The number of rotatable bonds is 6. The summed E-state index contributed by atoms with van der Waals surface area (Å²) < 4.78 is 33.1. The summed E-state index contributed by atoms with van der Waals surface area (Å²) in [6.45, 7) is 4.33. The Morgan fingerprint density at radius 3 is 2.94 bits per heavy atom. The second-order valence-corrected chi connectivity index (χ2v) is 10.5. The summed E-state index contributed by atoms with van der Waals surface area (Å²) in [7, 11) is -3.72. The summed E-state index contributed by atoms with van der Waals surface area (Å²) in [6.07, 6.45) is 3.52. The van der Waals surface area contributed by atoms with E-state index in [1.54, 1.807) is 23.7 Å². The molecule has 1 fully saturated rings. The summed E-state index contributed by atoms with van der Waals surface area (Å²) in [5.74, 6) is 0.678. The Balaban J connectivity index is 1.47. The van der Waals surface area contributed by atoms with Gasteiger partial charge in [-0.25, -0.2) is 13.4 Å². The number of aromatic nitrogens is 3. The molecule has 0 aliphatic carbocycles. The predicted octanol–water partition coefficient (Wildman–Crippen LogP) is 3.10. The van der Waals surface area contributed by atoms with Crippen LogP contribution < -0.4 is 5.32 Å². The van der Waals surface area contributed by atoms with Crippen LogP contribution in [0.4, 0.5) is 5.82 Å². The number of anilines is 1. The van der Waals surface area contributed by atoms with Gasteiger partial charge in [-0.15, -0.1) is 11.3 Å². The third-order valence-electron chi connectivity index (χ3n) is 5.12. The first-order valence-electron chi connectivity index (χ1n) is 10.0. The largest absolute Gasteiger partial charge is 0.339 e. The molecule has 9 nitrogen and oxygen atoms in total. The first-order chi connectivity index (χ1) is 14.9. The van der Waals surface area contributed by atoms with Crippen LogP contribution in [0.3, 0.4) is 0 Å². The molecule has 0 bridgehead atoms. The normalized spacial score (nSPS) is 17.5. The van der Waals surface area contributed by atoms with Gasteiger partial charge in [0.25, 0.3) is 10.0 Å². The van der Waals surface area contributed by atoms with Crippen molar-refractivity contribution in [3.63, 3.8) is 0 Å². The number of nitrogens with one attached hydrogen (secondary N) is 1. The summed E-state index contributed by atoms with van der Waals surface area (Å²) in [5, 5.41) is 8.39. The Morgan fingerprint density at radius 1 is 1.39 bits per heavy atom. The molecule has 0 spiro atoms. The van der Waals surface area contributed by atoms with Gasteiger partial charge in [-0.1, -0.05) is 18.1 Å². The first-order valence-corrected chi connectivity index (χ1v) is 12.3. The van der Waals surface area contributed by atoms with Crippen molar-refractivity contribution in [3.8, 4) is 11.4 Å². The third kappa shape index (κ3) is 4.68. The zero-order chi connectivity index (χ0) is 22.0. The molecule has 4 heterocycles. The Hall–Kier alpha value is -2.63. The Labute approximate surface area is 184 Å². The van der Waals surface area contributed by atoms with Gasteiger partial charge in [0.2, 0.25) is 17.6 Å². The van der Waals surface area contributed by atoms with Crippen molar-refractivity contribution < 1.29 is 17.7 Å². The van der Waals surface area contributed by atoms with E-state index in [0.717, 1.165) is 16.9 Å².